The monoisotopic (exact) mass is 308 g/mol. The molecule has 0 saturated carbocycles. The van der Waals surface area contributed by atoms with E-state index in [2.05, 4.69) is 12.2 Å². The fraction of sp³-hybridized carbons (Fsp3) is 0.500. The molecule has 1 aliphatic rings. The molecule has 1 N–H and O–H groups in total. The third-order valence-corrected chi connectivity index (χ3v) is 4.26. The Morgan fingerprint density at radius 1 is 1.29 bits per heavy atom. The van der Waals surface area contributed by atoms with Crippen LogP contribution in [0.25, 0.3) is 0 Å². The summed E-state index contributed by atoms with van der Waals surface area (Å²) in [6, 6.07) is 6.29. The highest BCUT2D eigenvalue weighted by Gasteiger charge is 2.25. The number of rotatable bonds is 3. The van der Waals surface area contributed by atoms with E-state index < -0.39 is 6.04 Å². The van der Waals surface area contributed by atoms with Gasteiger partial charge < -0.3 is 10.2 Å². The zero-order valence-electron chi connectivity index (χ0n) is 12.4. The van der Waals surface area contributed by atoms with Crippen molar-refractivity contribution in [3.8, 4) is 0 Å². The molecule has 1 saturated heterocycles. The van der Waals surface area contributed by atoms with Crippen molar-refractivity contribution in [3.63, 3.8) is 0 Å². The second-order valence-corrected chi connectivity index (χ2v) is 6.09. The lowest BCUT2D eigenvalue weighted by Gasteiger charge is -2.32. The van der Waals surface area contributed by atoms with Crippen LogP contribution >= 0.6 is 11.6 Å². The van der Waals surface area contributed by atoms with Crippen molar-refractivity contribution in [1.82, 2.24) is 10.2 Å². The molecule has 0 spiro atoms. The van der Waals surface area contributed by atoms with Crippen LogP contribution in [0, 0.1) is 5.92 Å². The second kappa shape index (κ2) is 6.94. The molecular formula is C16H21ClN2O2. The van der Waals surface area contributed by atoms with Crippen molar-refractivity contribution in [3.05, 3.63) is 34.9 Å². The molecule has 2 rings (SSSR count). The smallest absolute Gasteiger partial charge is 0.253 e. The standard InChI is InChI=1S/C16H21ClN2O2/c1-11-7-9-19(10-8-11)16(21)12(2)18-15(20)13-5-3-4-6-14(13)17/h3-6,11-12H,7-10H2,1-2H3,(H,18,20)/t12-/m0/s1. The third-order valence-electron chi connectivity index (χ3n) is 3.93. The SMILES string of the molecule is CC1CCN(C(=O)[C@H](C)NC(=O)c2ccccc2Cl)CC1. The molecule has 1 aliphatic heterocycles. The van der Waals surface area contributed by atoms with Gasteiger partial charge in [0, 0.05) is 13.1 Å². The van der Waals surface area contributed by atoms with Crippen LogP contribution in [0.3, 0.4) is 0 Å². The molecule has 2 amide bonds. The summed E-state index contributed by atoms with van der Waals surface area (Å²) in [4.78, 5) is 26.3. The van der Waals surface area contributed by atoms with Gasteiger partial charge in [-0.25, -0.2) is 0 Å². The van der Waals surface area contributed by atoms with Gasteiger partial charge in [0.15, 0.2) is 0 Å². The van der Waals surface area contributed by atoms with Crippen molar-refractivity contribution in [1.29, 1.82) is 0 Å². The molecule has 5 heteroatoms. The predicted octanol–water partition coefficient (Wildman–Crippen LogP) is 2.72. The fourth-order valence-electron chi connectivity index (χ4n) is 2.48. The highest BCUT2D eigenvalue weighted by molar-refractivity contribution is 6.33. The third kappa shape index (κ3) is 3.97. The number of benzene rings is 1. The topological polar surface area (TPSA) is 49.4 Å². The number of nitrogens with zero attached hydrogens (tertiary/aromatic N) is 1. The zero-order chi connectivity index (χ0) is 15.4. The van der Waals surface area contributed by atoms with Crippen LogP contribution in [-0.2, 0) is 4.79 Å². The van der Waals surface area contributed by atoms with E-state index in [-0.39, 0.29) is 11.8 Å². The van der Waals surface area contributed by atoms with E-state index in [1.807, 2.05) is 4.90 Å². The van der Waals surface area contributed by atoms with Crippen LogP contribution in [0.4, 0.5) is 0 Å². The molecule has 0 bridgehead atoms. The van der Waals surface area contributed by atoms with E-state index in [4.69, 9.17) is 11.6 Å². The molecule has 0 unspecified atom stereocenters. The summed E-state index contributed by atoms with van der Waals surface area (Å²) in [6.45, 7) is 5.46. The minimum Gasteiger partial charge on any atom is -0.341 e. The molecule has 21 heavy (non-hydrogen) atoms. The Morgan fingerprint density at radius 3 is 2.52 bits per heavy atom. The molecule has 0 aromatic heterocycles. The molecule has 0 radical (unpaired) electrons. The van der Waals surface area contributed by atoms with Crippen LogP contribution in [0.2, 0.25) is 5.02 Å². The highest BCUT2D eigenvalue weighted by atomic mass is 35.5. The molecule has 4 nitrogen and oxygen atoms in total. The van der Waals surface area contributed by atoms with Gasteiger partial charge in [-0.2, -0.15) is 0 Å². The summed E-state index contributed by atoms with van der Waals surface area (Å²) in [7, 11) is 0. The van der Waals surface area contributed by atoms with Crippen LogP contribution in [0.5, 0.6) is 0 Å². The average Bonchev–Trinajstić information content (AvgIpc) is 2.47. The van der Waals surface area contributed by atoms with E-state index >= 15 is 0 Å². The molecule has 1 atom stereocenters. The van der Waals surface area contributed by atoms with Crippen molar-refractivity contribution in [2.45, 2.75) is 32.7 Å². The van der Waals surface area contributed by atoms with Gasteiger partial charge in [-0.3, -0.25) is 9.59 Å². The maximum atomic E-state index is 12.3. The van der Waals surface area contributed by atoms with E-state index in [9.17, 15) is 9.59 Å². The summed E-state index contributed by atoms with van der Waals surface area (Å²) >= 11 is 5.99. The maximum absolute atomic E-state index is 12.3. The van der Waals surface area contributed by atoms with Gasteiger partial charge in [-0.05, 0) is 37.8 Å². The molecule has 0 aliphatic carbocycles. The van der Waals surface area contributed by atoms with E-state index in [0.29, 0.717) is 16.5 Å². The Bertz CT molecular complexity index is 525. The van der Waals surface area contributed by atoms with Crippen molar-refractivity contribution in [2.24, 2.45) is 5.92 Å². The first-order valence-corrected chi connectivity index (χ1v) is 7.71. The number of hydrogen-bond donors (Lipinski definition) is 1. The normalized spacial score (nSPS) is 17.4. The van der Waals surface area contributed by atoms with Crippen LogP contribution in [0.15, 0.2) is 24.3 Å². The number of likely N-dealkylation sites (tertiary alicyclic amines) is 1. The summed E-state index contributed by atoms with van der Waals surface area (Å²) in [5.74, 6) is 0.330. The van der Waals surface area contributed by atoms with Gasteiger partial charge in [0.1, 0.15) is 6.04 Å². The van der Waals surface area contributed by atoms with Crippen molar-refractivity contribution < 1.29 is 9.59 Å². The van der Waals surface area contributed by atoms with Crippen LogP contribution in [0.1, 0.15) is 37.0 Å². The first-order valence-electron chi connectivity index (χ1n) is 7.33. The average molecular weight is 309 g/mol. The Kier molecular flexibility index (Phi) is 5.23. The summed E-state index contributed by atoms with van der Waals surface area (Å²) < 4.78 is 0. The number of hydrogen-bond acceptors (Lipinski definition) is 2. The minimum atomic E-state index is -0.540. The Hall–Kier alpha value is -1.55. The molecular weight excluding hydrogens is 288 g/mol. The number of amides is 2. The molecule has 1 aromatic rings. The zero-order valence-corrected chi connectivity index (χ0v) is 13.2. The van der Waals surface area contributed by atoms with Gasteiger partial charge in [-0.1, -0.05) is 30.7 Å². The number of carbonyl (C=O) groups is 2. The molecule has 114 valence electrons. The quantitative estimate of drug-likeness (QED) is 0.933. The van der Waals surface area contributed by atoms with E-state index in [1.165, 1.54) is 0 Å². The molecule has 1 aromatic carbocycles. The van der Waals surface area contributed by atoms with Crippen LogP contribution < -0.4 is 5.32 Å². The van der Waals surface area contributed by atoms with Crippen molar-refractivity contribution in [2.75, 3.05) is 13.1 Å². The first-order chi connectivity index (χ1) is 9.99. The Labute approximate surface area is 130 Å². The maximum Gasteiger partial charge on any atom is 0.253 e. The van der Waals surface area contributed by atoms with Crippen LogP contribution in [-0.4, -0.2) is 35.8 Å². The second-order valence-electron chi connectivity index (χ2n) is 5.68. The number of nitrogens with one attached hydrogen (secondary N) is 1. The minimum absolute atomic E-state index is 0.0256. The fourth-order valence-corrected chi connectivity index (χ4v) is 2.71. The Morgan fingerprint density at radius 2 is 1.90 bits per heavy atom. The van der Waals surface area contributed by atoms with Gasteiger partial charge in [0.2, 0.25) is 5.91 Å². The van der Waals surface area contributed by atoms with Crippen molar-refractivity contribution >= 4 is 23.4 Å². The van der Waals surface area contributed by atoms with Gasteiger partial charge in [0.25, 0.3) is 5.91 Å². The lowest BCUT2D eigenvalue weighted by molar-refractivity contribution is -0.134. The number of halogens is 1. The lowest BCUT2D eigenvalue weighted by atomic mass is 9.99. The Balaban J connectivity index is 1.95. The molecule has 1 fully saturated rings. The molecule has 1 heterocycles. The van der Waals surface area contributed by atoms with E-state index in [0.717, 1.165) is 25.9 Å². The first kappa shape index (κ1) is 15.8. The predicted molar refractivity (Wildman–Crippen MR) is 83.4 cm³/mol. The summed E-state index contributed by atoms with van der Waals surface area (Å²) in [6.07, 6.45) is 2.05. The lowest BCUT2D eigenvalue weighted by Crippen LogP contribution is -2.49. The number of piperidine rings is 1. The summed E-state index contributed by atoms with van der Waals surface area (Å²) in [5, 5.41) is 3.12. The largest absolute Gasteiger partial charge is 0.341 e. The van der Waals surface area contributed by atoms with Gasteiger partial charge in [-0.15, -0.1) is 0 Å². The van der Waals surface area contributed by atoms with Gasteiger partial charge >= 0.3 is 0 Å². The number of carbonyl (C=O) groups excluding carboxylic acids is 2. The highest BCUT2D eigenvalue weighted by Crippen LogP contribution is 2.17. The summed E-state index contributed by atoms with van der Waals surface area (Å²) in [5.41, 5.74) is 0.395. The van der Waals surface area contributed by atoms with Gasteiger partial charge in [0.05, 0.1) is 10.6 Å². The van der Waals surface area contributed by atoms with E-state index in [1.54, 1.807) is 31.2 Å².